The van der Waals surface area contributed by atoms with E-state index in [2.05, 4.69) is 10.1 Å². The fourth-order valence-corrected chi connectivity index (χ4v) is 3.58. The van der Waals surface area contributed by atoms with Crippen LogP contribution in [0.25, 0.3) is 11.4 Å². The van der Waals surface area contributed by atoms with Crippen molar-refractivity contribution < 1.29 is 14.1 Å². The van der Waals surface area contributed by atoms with Gasteiger partial charge in [0.15, 0.2) is 0 Å². The Hall–Kier alpha value is -3.15. The Kier molecular flexibility index (Phi) is 5.10. The first-order valence-corrected chi connectivity index (χ1v) is 9.48. The van der Waals surface area contributed by atoms with Gasteiger partial charge >= 0.3 is 0 Å². The molecule has 0 unspecified atom stereocenters. The lowest BCUT2D eigenvalue weighted by Gasteiger charge is -2.31. The monoisotopic (exact) mass is 377 g/mol. The summed E-state index contributed by atoms with van der Waals surface area (Å²) in [6, 6.07) is 15.3. The van der Waals surface area contributed by atoms with Crippen LogP contribution in [0.1, 0.15) is 40.6 Å². The molecule has 28 heavy (non-hydrogen) atoms. The standard InChI is InChI=1S/C22H23N3O3/c1-15-9-11-16(12-10-15)20-23-21(28-24-20)17-6-5-13-25(14-17)22(26)18-7-3-4-8-19(18)27-2/h3-4,7-12,17H,5-6,13-14H2,1-2H3/t17-/m1/s1. The highest BCUT2D eigenvalue weighted by Gasteiger charge is 2.30. The summed E-state index contributed by atoms with van der Waals surface area (Å²) in [7, 11) is 1.58. The van der Waals surface area contributed by atoms with Gasteiger partial charge in [0.05, 0.1) is 18.6 Å². The molecule has 144 valence electrons. The Balaban J connectivity index is 1.51. The number of para-hydroxylation sites is 1. The van der Waals surface area contributed by atoms with Crippen LogP contribution in [0.3, 0.4) is 0 Å². The van der Waals surface area contributed by atoms with Crippen LogP contribution >= 0.6 is 0 Å². The van der Waals surface area contributed by atoms with Crippen LogP contribution in [0.15, 0.2) is 53.1 Å². The molecular formula is C22H23N3O3. The summed E-state index contributed by atoms with van der Waals surface area (Å²) in [5, 5.41) is 4.14. The molecule has 0 radical (unpaired) electrons. The molecule has 1 aliphatic heterocycles. The van der Waals surface area contributed by atoms with E-state index >= 15 is 0 Å². The molecule has 0 bridgehead atoms. The maximum absolute atomic E-state index is 13.0. The normalized spacial score (nSPS) is 16.8. The topological polar surface area (TPSA) is 68.5 Å². The van der Waals surface area contributed by atoms with Gasteiger partial charge in [0.1, 0.15) is 5.75 Å². The van der Waals surface area contributed by atoms with Crippen LogP contribution in [-0.4, -0.2) is 41.1 Å². The number of amides is 1. The van der Waals surface area contributed by atoms with E-state index < -0.39 is 0 Å². The van der Waals surface area contributed by atoms with Crippen molar-refractivity contribution in [1.29, 1.82) is 0 Å². The molecule has 0 aliphatic carbocycles. The molecule has 1 aliphatic rings. The zero-order valence-electron chi connectivity index (χ0n) is 16.1. The smallest absolute Gasteiger partial charge is 0.257 e. The molecule has 6 nitrogen and oxygen atoms in total. The first-order chi connectivity index (χ1) is 13.7. The van der Waals surface area contributed by atoms with Crippen LogP contribution in [0.4, 0.5) is 0 Å². The molecule has 2 aromatic carbocycles. The zero-order chi connectivity index (χ0) is 19.5. The Bertz CT molecular complexity index is 965. The molecule has 1 atom stereocenters. The van der Waals surface area contributed by atoms with Crippen LogP contribution in [0.2, 0.25) is 0 Å². The highest BCUT2D eigenvalue weighted by atomic mass is 16.5. The van der Waals surface area contributed by atoms with Gasteiger partial charge in [0.25, 0.3) is 5.91 Å². The summed E-state index contributed by atoms with van der Waals surface area (Å²) in [6.07, 6.45) is 1.82. The number of hydrogen-bond acceptors (Lipinski definition) is 5. The third kappa shape index (κ3) is 3.63. The van der Waals surface area contributed by atoms with E-state index in [1.54, 1.807) is 19.2 Å². The van der Waals surface area contributed by atoms with E-state index in [-0.39, 0.29) is 11.8 Å². The lowest BCUT2D eigenvalue weighted by atomic mass is 9.97. The number of methoxy groups -OCH3 is 1. The number of likely N-dealkylation sites (tertiary alicyclic amines) is 1. The number of carbonyl (C=O) groups is 1. The fraction of sp³-hybridized carbons (Fsp3) is 0.318. The van der Waals surface area contributed by atoms with Crippen LogP contribution in [-0.2, 0) is 0 Å². The summed E-state index contributed by atoms with van der Waals surface area (Å²) in [4.78, 5) is 19.4. The minimum Gasteiger partial charge on any atom is -0.496 e. The molecular weight excluding hydrogens is 354 g/mol. The molecule has 0 N–H and O–H groups in total. The number of carbonyl (C=O) groups excluding carboxylic acids is 1. The van der Waals surface area contributed by atoms with Gasteiger partial charge in [0.2, 0.25) is 11.7 Å². The quantitative estimate of drug-likeness (QED) is 0.685. The SMILES string of the molecule is COc1ccccc1C(=O)N1CCC[C@@H](c2nc(-c3ccc(C)cc3)no2)C1. The average molecular weight is 377 g/mol. The summed E-state index contributed by atoms with van der Waals surface area (Å²) >= 11 is 0. The van der Waals surface area contributed by atoms with Crippen molar-refractivity contribution in [2.45, 2.75) is 25.7 Å². The van der Waals surface area contributed by atoms with Crippen molar-refractivity contribution in [3.8, 4) is 17.1 Å². The van der Waals surface area contributed by atoms with E-state index in [1.807, 2.05) is 48.2 Å². The van der Waals surface area contributed by atoms with Crippen molar-refractivity contribution in [2.75, 3.05) is 20.2 Å². The van der Waals surface area contributed by atoms with Gasteiger partial charge in [-0.3, -0.25) is 4.79 Å². The summed E-state index contributed by atoms with van der Waals surface area (Å²) < 4.78 is 10.9. The van der Waals surface area contributed by atoms with Crippen molar-refractivity contribution in [1.82, 2.24) is 15.0 Å². The first-order valence-electron chi connectivity index (χ1n) is 9.48. The minimum absolute atomic E-state index is 0.0274. The number of aromatic nitrogens is 2. The Morgan fingerprint density at radius 1 is 1.18 bits per heavy atom. The fourth-order valence-electron chi connectivity index (χ4n) is 3.58. The number of hydrogen-bond donors (Lipinski definition) is 0. The number of nitrogens with zero attached hydrogens (tertiary/aromatic N) is 3. The Labute approximate surface area is 164 Å². The van der Waals surface area contributed by atoms with Gasteiger partial charge in [-0.15, -0.1) is 0 Å². The summed E-state index contributed by atoms with van der Waals surface area (Å²) in [6.45, 7) is 3.32. The second-order valence-electron chi connectivity index (χ2n) is 7.11. The second kappa shape index (κ2) is 7.84. The minimum atomic E-state index is -0.0274. The van der Waals surface area contributed by atoms with E-state index in [0.29, 0.717) is 36.1 Å². The molecule has 6 heteroatoms. The van der Waals surface area contributed by atoms with Gasteiger partial charge in [-0.05, 0) is 31.9 Å². The molecule has 1 aromatic heterocycles. The average Bonchev–Trinajstić information content (AvgIpc) is 3.24. The molecule has 2 heterocycles. The Morgan fingerprint density at radius 3 is 2.75 bits per heavy atom. The number of ether oxygens (including phenoxy) is 1. The van der Waals surface area contributed by atoms with Gasteiger partial charge in [-0.1, -0.05) is 47.1 Å². The molecule has 3 aromatic rings. The number of aryl methyl sites for hydroxylation is 1. The molecule has 0 saturated carbocycles. The molecule has 1 saturated heterocycles. The summed E-state index contributed by atoms with van der Waals surface area (Å²) in [5.41, 5.74) is 2.69. The summed E-state index contributed by atoms with van der Waals surface area (Å²) in [5.74, 6) is 1.78. The molecule has 1 amide bonds. The van der Waals surface area contributed by atoms with Gasteiger partial charge < -0.3 is 14.2 Å². The van der Waals surface area contributed by atoms with Crippen LogP contribution in [0, 0.1) is 6.92 Å². The number of rotatable bonds is 4. The maximum atomic E-state index is 13.0. The third-order valence-electron chi connectivity index (χ3n) is 5.15. The van der Waals surface area contributed by atoms with Crippen molar-refractivity contribution >= 4 is 5.91 Å². The maximum Gasteiger partial charge on any atom is 0.257 e. The lowest BCUT2D eigenvalue weighted by Crippen LogP contribution is -2.39. The largest absolute Gasteiger partial charge is 0.496 e. The van der Waals surface area contributed by atoms with Crippen molar-refractivity contribution in [3.05, 3.63) is 65.5 Å². The first kappa shape index (κ1) is 18.2. The van der Waals surface area contributed by atoms with Crippen LogP contribution < -0.4 is 4.74 Å². The van der Waals surface area contributed by atoms with E-state index in [9.17, 15) is 4.79 Å². The highest BCUT2D eigenvalue weighted by Crippen LogP contribution is 2.29. The van der Waals surface area contributed by atoms with Crippen molar-refractivity contribution in [2.24, 2.45) is 0 Å². The van der Waals surface area contributed by atoms with E-state index in [4.69, 9.17) is 9.26 Å². The van der Waals surface area contributed by atoms with Gasteiger partial charge in [-0.2, -0.15) is 4.98 Å². The zero-order valence-corrected chi connectivity index (χ0v) is 16.1. The molecule has 4 rings (SSSR count). The Morgan fingerprint density at radius 2 is 1.96 bits per heavy atom. The lowest BCUT2D eigenvalue weighted by molar-refractivity contribution is 0.0692. The molecule has 0 spiro atoms. The number of piperidine rings is 1. The van der Waals surface area contributed by atoms with E-state index in [0.717, 1.165) is 18.4 Å². The highest BCUT2D eigenvalue weighted by molar-refractivity contribution is 5.97. The second-order valence-corrected chi connectivity index (χ2v) is 7.11. The van der Waals surface area contributed by atoms with Crippen molar-refractivity contribution in [3.63, 3.8) is 0 Å². The van der Waals surface area contributed by atoms with E-state index in [1.165, 1.54) is 5.56 Å². The molecule has 1 fully saturated rings. The van der Waals surface area contributed by atoms with Gasteiger partial charge in [0, 0.05) is 18.7 Å². The predicted octanol–water partition coefficient (Wildman–Crippen LogP) is 4.07. The third-order valence-corrected chi connectivity index (χ3v) is 5.15. The number of benzene rings is 2. The van der Waals surface area contributed by atoms with Gasteiger partial charge in [-0.25, -0.2) is 0 Å². The van der Waals surface area contributed by atoms with Crippen LogP contribution in [0.5, 0.6) is 5.75 Å². The predicted molar refractivity (Wildman–Crippen MR) is 105 cm³/mol.